The molecular weight excluding hydrogens is 409 g/mol. The number of hydrogen-bond donors (Lipinski definition) is 0. The van der Waals surface area contributed by atoms with Crippen molar-refractivity contribution in [3.8, 4) is 0 Å². The Kier molecular flexibility index (Phi) is 7.25. The Labute approximate surface area is 191 Å². The van der Waals surface area contributed by atoms with E-state index in [1.807, 2.05) is 54.4 Å². The van der Waals surface area contributed by atoms with E-state index < -0.39 is 21.0 Å². The number of likely N-dealkylation sites (tertiary alicyclic amines) is 1. The van der Waals surface area contributed by atoms with Crippen LogP contribution in [0.15, 0.2) is 11.5 Å². The third-order valence-electron chi connectivity index (χ3n) is 7.03. The maximum atomic E-state index is 13.0. The fourth-order valence-electron chi connectivity index (χ4n) is 3.30. The van der Waals surface area contributed by atoms with Gasteiger partial charge in [0, 0.05) is 6.54 Å². The highest BCUT2D eigenvalue weighted by molar-refractivity contribution is 6.74. The molecule has 1 atom stereocenters. The molecule has 0 saturated carbocycles. The summed E-state index contributed by atoms with van der Waals surface area (Å²) >= 11 is 0. The number of amides is 1. The summed E-state index contributed by atoms with van der Waals surface area (Å²) in [5.41, 5.74) is -0.195. The molecule has 2 rings (SSSR count). The van der Waals surface area contributed by atoms with Gasteiger partial charge in [0.1, 0.15) is 5.60 Å². The maximum absolute atomic E-state index is 13.0. The van der Waals surface area contributed by atoms with Gasteiger partial charge in [0.2, 0.25) is 0 Å². The lowest BCUT2D eigenvalue weighted by molar-refractivity contribution is 0.00578. The average Bonchev–Trinajstić information content (AvgIpc) is 3.00. The summed E-state index contributed by atoms with van der Waals surface area (Å²) in [4.78, 5) is 14.8. The van der Waals surface area contributed by atoms with Crippen LogP contribution in [0.4, 0.5) is 4.79 Å². The Hall–Kier alpha value is -0.828. The van der Waals surface area contributed by atoms with Crippen LogP contribution in [-0.2, 0) is 18.5 Å². The Morgan fingerprint density at radius 1 is 1.13 bits per heavy atom. The van der Waals surface area contributed by atoms with Gasteiger partial charge in [0.05, 0.1) is 23.9 Å². The van der Waals surface area contributed by atoms with E-state index in [9.17, 15) is 4.79 Å². The first-order valence-electron chi connectivity index (χ1n) is 11.4. The number of hydrogen-bond acceptors (Lipinski definition) is 5. The van der Waals surface area contributed by atoms with Crippen molar-refractivity contribution in [2.75, 3.05) is 13.2 Å². The van der Waals surface area contributed by atoms with Crippen LogP contribution >= 0.6 is 0 Å². The van der Waals surface area contributed by atoms with E-state index in [1.54, 1.807) is 4.90 Å². The second kappa shape index (κ2) is 8.51. The lowest BCUT2D eigenvalue weighted by Gasteiger charge is -2.38. The van der Waals surface area contributed by atoms with Gasteiger partial charge in [-0.05, 0) is 73.0 Å². The van der Waals surface area contributed by atoms with Gasteiger partial charge in [-0.25, -0.2) is 4.79 Å². The van der Waals surface area contributed by atoms with E-state index in [2.05, 4.69) is 33.9 Å². The standard InChI is InChI=1S/C23H44BNO5Si/c1-20(2,3)28-19(26)25-15-17(14-24-29-22(7,8)23(9,10)30-24)13-18(25)16-27-31(11,12)21(4,5)6/h14,18H,13,15-16H2,1-12H3/t18-/m0/s1. The molecule has 0 N–H and O–H groups in total. The second-order valence-corrected chi connectivity index (χ2v) is 17.3. The zero-order valence-corrected chi connectivity index (χ0v) is 22.8. The van der Waals surface area contributed by atoms with Gasteiger partial charge in [-0.3, -0.25) is 4.90 Å². The van der Waals surface area contributed by atoms with E-state index in [0.717, 1.165) is 12.0 Å². The van der Waals surface area contributed by atoms with E-state index in [4.69, 9.17) is 18.5 Å². The predicted octanol–water partition coefficient (Wildman–Crippen LogP) is 5.58. The lowest BCUT2D eigenvalue weighted by Crippen LogP contribution is -2.46. The summed E-state index contributed by atoms with van der Waals surface area (Å²) in [5, 5.41) is 0.115. The molecule has 2 saturated heterocycles. The van der Waals surface area contributed by atoms with Gasteiger partial charge < -0.3 is 18.5 Å². The highest BCUT2D eigenvalue weighted by Crippen LogP contribution is 2.39. The number of ether oxygens (including phenoxy) is 1. The Morgan fingerprint density at radius 2 is 1.65 bits per heavy atom. The molecule has 0 aliphatic carbocycles. The van der Waals surface area contributed by atoms with E-state index in [-0.39, 0.29) is 28.4 Å². The number of nitrogens with zero attached hydrogens (tertiary/aromatic N) is 1. The van der Waals surface area contributed by atoms with Crippen LogP contribution in [0.5, 0.6) is 0 Å². The fraction of sp³-hybridized carbons (Fsp3) is 0.870. The Balaban J connectivity index is 2.19. The molecule has 6 nitrogen and oxygen atoms in total. The number of rotatable bonds is 4. The summed E-state index contributed by atoms with van der Waals surface area (Å²) in [6.07, 6.45) is 0.437. The van der Waals surface area contributed by atoms with Crippen LogP contribution in [0.3, 0.4) is 0 Å². The average molecular weight is 454 g/mol. The quantitative estimate of drug-likeness (QED) is 0.521. The zero-order valence-electron chi connectivity index (χ0n) is 21.8. The predicted molar refractivity (Wildman–Crippen MR) is 129 cm³/mol. The smallest absolute Gasteiger partial charge is 0.444 e. The molecule has 2 aliphatic heterocycles. The van der Waals surface area contributed by atoms with Crippen molar-refractivity contribution in [3.63, 3.8) is 0 Å². The topological polar surface area (TPSA) is 57.2 Å². The van der Waals surface area contributed by atoms with Gasteiger partial charge in [-0.1, -0.05) is 32.3 Å². The van der Waals surface area contributed by atoms with Crippen molar-refractivity contribution in [2.45, 2.75) is 117 Å². The second-order valence-electron chi connectivity index (χ2n) is 12.5. The lowest BCUT2D eigenvalue weighted by atomic mass is 9.86. The molecule has 0 bridgehead atoms. The number of carbonyl (C=O) groups excluding carboxylic acids is 1. The van der Waals surface area contributed by atoms with Crippen LogP contribution in [0.25, 0.3) is 0 Å². The van der Waals surface area contributed by atoms with Gasteiger partial charge in [0.25, 0.3) is 0 Å². The molecule has 0 radical (unpaired) electrons. The molecule has 8 heteroatoms. The Morgan fingerprint density at radius 3 is 2.10 bits per heavy atom. The maximum Gasteiger partial charge on any atom is 0.487 e. The highest BCUT2D eigenvalue weighted by atomic mass is 28.4. The molecule has 0 aromatic rings. The fourth-order valence-corrected chi connectivity index (χ4v) is 4.34. The van der Waals surface area contributed by atoms with Crippen LogP contribution in [0.1, 0.15) is 75.7 Å². The van der Waals surface area contributed by atoms with E-state index >= 15 is 0 Å². The molecule has 0 aromatic carbocycles. The van der Waals surface area contributed by atoms with Crippen molar-refractivity contribution in [2.24, 2.45) is 0 Å². The zero-order chi connectivity index (χ0) is 24.0. The summed E-state index contributed by atoms with van der Waals surface area (Å²) < 4.78 is 24.4. The first-order chi connectivity index (χ1) is 13.7. The van der Waals surface area contributed by atoms with Gasteiger partial charge >= 0.3 is 13.2 Å². The monoisotopic (exact) mass is 453 g/mol. The van der Waals surface area contributed by atoms with Gasteiger partial charge in [0.15, 0.2) is 8.32 Å². The molecule has 0 spiro atoms. The van der Waals surface area contributed by atoms with Crippen molar-refractivity contribution in [1.82, 2.24) is 4.90 Å². The number of carbonyl (C=O) groups is 1. The molecule has 2 aliphatic rings. The van der Waals surface area contributed by atoms with Gasteiger partial charge in [-0.2, -0.15) is 0 Å². The van der Waals surface area contributed by atoms with E-state index in [0.29, 0.717) is 13.2 Å². The highest BCUT2D eigenvalue weighted by Gasteiger charge is 2.51. The van der Waals surface area contributed by atoms with E-state index in [1.165, 1.54) is 0 Å². The van der Waals surface area contributed by atoms with Crippen LogP contribution < -0.4 is 0 Å². The normalized spacial score (nSPS) is 25.4. The van der Waals surface area contributed by atoms with Gasteiger partial charge in [-0.15, -0.1) is 0 Å². The Bertz CT molecular complexity index is 690. The third kappa shape index (κ3) is 6.36. The molecule has 2 heterocycles. The molecular formula is C23H44BNO5Si. The molecule has 178 valence electrons. The minimum Gasteiger partial charge on any atom is -0.444 e. The van der Waals surface area contributed by atoms with Crippen LogP contribution in [-0.4, -0.2) is 62.4 Å². The minimum atomic E-state index is -1.93. The molecule has 2 fully saturated rings. The minimum absolute atomic E-state index is 0.0577. The summed E-state index contributed by atoms with van der Waals surface area (Å²) in [5.74, 6) is 2.03. The first kappa shape index (κ1) is 26.4. The summed E-state index contributed by atoms with van der Waals surface area (Å²) in [6, 6.07) is -0.0577. The van der Waals surface area contributed by atoms with Crippen molar-refractivity contribution in [1.29, 1.82) is 0 Å². The first-order valence-corrected chi connectivity index (χ1v) is 14.3. The van der Waals surface area contributed by atoms with Crippen molar-refractivity contribution < 1.29 is 23.3 Å². The van der Waals surface area contributed by atoms with Crippen LogP contribution in [0.2, 0.25) is 18.1 Å². The van der Waals surface area contributed by atoms with Crippen molar-refractivity contribution >= 4 is 21.5 Å². The molecule has 0 aromatic heterocycles. The molecule has 1 amide bonds. The molecule has 0 unspecified atom stereocenters. The summed E-state index contributed by atoms with van der Waals surface area (Å²) in [7, 11) is -2.34. The largest absolute Gasteiger partial charge is 0.487 e. The van der Waals surface area contributed by atoms with Crippen LogP contribution in [0, 0.1) is 0 Å². The summed E-state index contributed by atoms with van der Waals surface area (Å²) in [6.45, 7) is 26.0. The molecule has 31 heavy (non-hydrogen) atoms. The SMILES string of the molecule is CC(C)(C)OC(=O)N1CC(=CB2OC(C)(C)C(C)(C)O2)C[C@H]1CO[Si](C)(C)C(C)(C)C. The third-order valence-corrected chi connectivity index (χ3v) is 11.5. The van der Waals surface area contributed by atoms with Crippen molar-refractivity contribution in [3.05, 3.63) is 11.5 Å².